The number of halogens is 4. The molecule has 3 nitrogen and oxygen atoms in total. The van der Waals surface area contributed by atoms with Crippen LogP contribution in [0.15, 0.2) is 29.6 Å². The molecule has 1 amide bonds. The lowest BCUT2D eigenvalue weighted by atomic mass is 10.2. The average Bonchev–Trinajstić information content (AvgIpc) is 2.87. The highest BCUT2D eigenvalue weighted by Crippen LogP contribution is 2.23. The van der Waals surface area contributed by atoms with Gasteiger partial charge < -0.3 is 5.32 Å². The summed E-state index contributed by atoms with van der Waals surface area (Å²) >= 11 is 7.12. The first-order chi connectivity index (χ1) is 9.86. The highest BCUT2D eigenvalue weighted by Gasteiger charge is 2.38. The summed E-state index contributed by atoms with van der Waals surface area (Å²) in [6, 6.07) is 7.10. The molecule has 0 bridgehead atoms. The molecule has 0 fully saturated rings. The molecule has 1 heterocycles. The number of carbonyl (C=O) groups is 1. The Morgan fingerprint density at radius 3 is 2.57 bits per heavy atom. The second-order valence-electron chi connectivity index (χ2n) is 4.14. The van der Waals surface area contributed by atoms with Crippen LogP contribution < -0.4 is 5.32 Å². The van der Waals surface area contributed by atoms with Gasteiger partial charge in [0.2, 0.25) is 0 Å². The van der Waals surface area contributed by atoms with E-state index in [0.717, 1.165) is 11.3 Å². The molecular weight excluding hydrogens is 325 g/mol. The van der Waals surface area contributed by atoms with Gasteiger partial charge in [0.05, 0.1) is 10.7 Å². The minimum absolute atomic E-state index is 0.105. The first-order valence-corrected chi connectivity index (χ1v) is 7.17. The van der Waals surface area contributed by atoms with Crippen LogP contribution in [0.5, 0.6) is 0 Å². The molecule has 21 heavy (non-hydrogen) atoms. The van der Waals surface area contributed by atoms with Crippen LogP contribution in [0, 0.1) is 0 Å². The summed E-state index contributed by atoms with van der Waals surface area (Å²) in [6.07, 6.45) is -4.60. The number of rotatable bonds is 4. The summed E-state index contributed by atoms with van der Waals surface area (Å²) in [5.74, 6) is -1.93. The van der Waals surface area contributed by atoms with Crippen molar-refractivity contribution in [2.24, 2.45) is 0 Å². The molecule has 1 aromatic heterocycles. The number of benzene rings is 1. The predicted molar refractivity (Wildman–Crippen MR) is 75.3 cm³/mol. The van der Waals surface area contributed by atoms with Crippen molar-refractivity contribution in [3.63, 3.8) is 0 Å². The molecule has 1 N–H and O–H groups in total. The molecule has 0 spiro atoms. The fraction of sp³-hybridized carbons (Fsp3) is 0.231. The highest BCUT2D eigenvalue weighted by atomic mass is 35.5. The van der Waals surface area contributed by atoms with Crippen molar-refractivity contribution in [3.05, 3.63) is 39.7 Å². The van der Waals surface area contributed by atoms with Crippen molar-refractivity contribution in [1.82, 2.24) is 10.3 Å². The molecule has 0 unspecified atom stereocenters. The molecule has 0 aliphatic carbocycles. The van der Waals surface area contributed by atoms with E-state index in [4.69, 9.17) is 11.6 Å². The number of aromatic nitrogens is 1. The molecule has 1 aromatic carbocycles. The van der Waals surface area contributed by atoms with Crippen LogP contribution in [-0.4, -0.2) is 23.6 Å². The van der Waals surface area contributed by atoms with Gasteiger partial charge in [0.1, 0.15) is 0 Å². The van der Waals surface area contributed by atoms with Gasteiger partial charge in [0.15, 0.2) is 0 Å². The minimum atomic E-state index is -4.85. The Labute approximate surface area is 127 Å². The van der Waals surface area contributed by atoms with E-state index < -0.39 is 12.1 Å². The monoisotopic (exact) mass is 334 g/mol. The smallest absolute Gasteiger partial charge is 0.348 e. The Balaban J connectivity index is 1.92. The number of hydrogen-bond donors (Lipinski definition) is 1. The standard InChI is InChI=1S/C13H10ClF3N2OS/c14-9-3-1-8(2-4-9)10-7-21-11(19-10)5-6-18-12(20)13(15,16)17/h1-4,7H,5-6H2,(H,18,20). The van der Waals surface area contributed by atoms with E-state index in [-0.39, 0.29) is 13.0 Å². The Kier molecular flexibility index (Phi) is 4.84. The lowest BCUT2D eigenvalue weighted by molar-refractivity contribution is -0.173. The topological polar surface area (TPSA) is 42.0 Å². The van der Waals surface area contributed by atoms with Crippen LogP contribution in [0.3, 0.4) is 0 Å². The van der Waals surface area contributed by atoms with Crippen molar-refractivity contribution >= 4 is 28.8 Å². The van der Waals surface area contributed by atoms with Crippen LogP contribution in [0.4, 0.5) is 13.2 Å². The quantitative estimate of drug-likeness (QED) is 0.926. The van der Waals surface area contributed by atoms with Gasteiger partial charge in [-0.1, -0.05) is 23.7 Å². The molecule has 0 atom stereocenters. The zero-order valence-corrected chi connectivity index (χ0v) is 12.1. The summed E-state index contributed by atoms with van der Waals surface area (Å²) in [5.41, 5.74) is 1.61. The molecule has 2 rings (SSSR count). The maximum absolute atomic E-state index is 12.0. The molecule has 0 aliphatic rings. The van der Waals surface area contributed by atoms with E-state index in [2.05, 4.69) is 4.98 Å². The van der Waals surface area contributed by atoms with Gasteiger partial charge in [-0.2, -0.15) is 13.2 Å². The molecule has 112 valence electrons. The van der Waals surface area contributed by atoms with Crippen LogP contribution in [0.25, 0.3) is 11.3 Å². The molecule has 2 aromatic rings. The molecule has 0 radical (unpaired) electrons. The Morgan fingerprint density at radius 2 is 1.95 bits per heavy atom. The SMILES string of the molecule is O=C(NCCc1nc(-c2ccc(Cl)cc2)cs1)C(F)(F)F. The van der Waals surface area contributed by atoms with Crippen LogP contribution >= 0.6 is 22.9 Å². The summed E-state index contributed by atoms with van der Waals surface area (Å²) < 4.78 is 36.0. The Bertz CT molecular complexity index is 625. The number of nitrogens with one attached hydrogen (secondary N) is 1. The molecule has 0 saturated heterocycles. The number of amides is 1. The van der Waals surface area contributed by atoms with Crippen LogP contribution in [0.2, 0.25) is 5.02 Å². The number of thiazole rings is 1. The maximum atomic E-state index is 12.0. The van der Waals surface area contributed by atoms with Crippen molar-refractivity contribution < 1.29 is 18.0 Å². The molecular formula is C13H10ClF3N2OS. The zero-order valence-electron chi connectivity index (χ0n) is 10.6. The second-order valence-corrected chi connectivity index (χ2v) is 5.52. The lowest BCUT2D eigenvalue weighted by Crippen LogP contribution is -2.37. The summed E-state index contributed by atoms with van der Waals surface area (Å²) in [7, 11) is 0. The number of hydrogen-bond acceptors (Lipinski definition) is 3. The maximum Gasteiger partial charge on any atom is 0.471 e. The normalized spacial score (nSPS) is 11.4. The molecule has 0 saturated carbocycles. The van der Waals surface area contributed by atoms with E-state index in [1.807, 2.05) is 22.8 Å². The van der Waals surface area contributed by atoms with Gasteiger partial charge in [-0.05, 0) is 12.1 Å². The number of alkyl halides is 3. The number of nitrogens with zero attached hydrogens (tertiary/aromatic N) is 1. The third-order valence-electron chi connectivity index (χ3n) is 2.57. The lowest BCUT2D eigenvalue weighted by Gasteiger charge is -2.06. The first-order valence-electron chi connectivity index (χ1n) is 5.91. The van der Waals surface area contributed by atoms with E-state index in [1.54, 1.807) is 12.1 Å². The Morgan fingerprint density at radius 1 is 1.29 bits per heavy atom. The highest BCUT2D eigenvalue weighted by molar-refractivity contribution is 7.09. The second kappa shape index (κ2) is 6.44. The van der Waals surface area contributed by atoms with Crippen molar-refractivity contribution in [1.29, 1.82) is 0 Å². The van der Waals surface area contributed by atoms with Gasteiger partial charge >= 0.3 is 12.1 Å². The van der Waals surface area contributed by atoms with E-state index >= 15 is 0 Å². The average molecular weight is 335 g/mol. The number of carbonyl (C=O) groups excluding carboxylic acids is 1. The van der Waals surface area contributed by atoms with Gasteiger partial charge in [0.25, 0.3) is 0 Å². The summed E-state index contributed by atoms with van der Waals surface area (Å²) in [5, 5.41) is 4.89. The van der Waals surface area contributed by atoms with Gasteiger partial charge in [-0.25, -0.2) is 4.98 Å². The zero-order chi connectivity index (χ0) is 15.5. The molecule has 0 aliphatic heterocycles. The Hall–Kier alpha value is -1.60. The summed E-state index contributed by atoms with van der Waals surface area (Å²) in [4.78, 5) is 15.0. The van der Waals surface area contributed by atoms with E-state index in [1.165, 1.54) is 11.3 Å². The van der Waals surface area contributed by atoms with Crippen molar-refractivity contribution in [2.45, 2.75) is 12.6 Å². The van der Waals surface area contributed by atoms with Crippen LogP contribution in [0.1, 0.15) is 5.01 Å². The third kappa shape index (κ3) is 4.44. The molecule has 8 heteroatoms. The van der Waals surface area contributed by atoms with E-state index in [9.17, 15) is 18.0 Å². The fourth-order valence-corrected chi connectivity index (χ4v) is 2.50. The van der Waals surface area contributed by atoms with Crippen molar-refractivity contribution in [3.8, 4) is 11.3 Å². The fourth-order valence-electron chi connectivity index (χ4n) is 1.56. The third-order valence-corrected chi connectivity index (χ3v) is 3.73. The van der Waals surface area contributed by atoms with Crippen LogP contribution in [-0.2, 0) is 11.2 Å². The van der Waals surface area contributed by atoms with Gasteiger partial charge in [0, 0.05) is 28.9 Å². The van der Waals surface area contributed by atoms with E-state index in [0.29, 0.717) is 10.0 Å². The van der Waals surface area contributed by atoms with Gasteiger partial charge in [-0.3, -0.25) is 4.79 Å². The first kappa shape index (κ1) is 15.8. The predicted octanol–water partition coefficient (Wildman–Crippen LogP) is 3.68. The van der Waals surface area contributed by atoms with Crippen molar-refractivity contribution in [2.75, 3.05) is 6.54 Å². The van der Waals surface area contributed by atoms with Gasteiger partial charge in [-0.15, -0.1) is 11.3 Å². The summed E-state index contributed by atoms with van der Waals surface area (Å²) in [6.45, 7) is -0.105. The largest absolute Gasteiger partial charge is 0.471 e. The minimum Gasteiger partial charge on any atom is -0.348 e.